The monoisotopic (exact) mass is 281 g/mol. The highest BCUT2D eigenvalue weighted by Crippen LogP contribution is 2.32. The van der Waals surface area contributed by atoms with Crippen LogP contribution in [-0.4, -0.2) is 22.5 Å². The van der Waals surface area contributed by atoms with E-state index in [1.165, 1.54) is 0 Å². The third-order valence-electron chi connectivity index (χ3n) is 3.76. The Bertz CT molecular complexity index is 697. The number of carbonyl (C=O) groups excluding carboxylic acids is 1. The average molecular weight is 281 g/mol. The Morgan fingerprint density at radius 3 is 2.81 bits per heavy atom. The van der Waals surface area contributed by atoms with Gasteiger partial charge in [-0.2, -0.15) is 5.26 Å². The van der Waals surface area contributed by atoms with Gasteiger partial charge < -0.3 is 9.42 Å². The first kappa shape index (κ1) is 13.4. The minimum atomic E-state index is -0.0253. The summed E-state index contributed by atoms with van der Waals surface area (Å²) in [5.41, 5.74) is 1.96. The molecule has 1 aliphatic heterocycles. The minimum absolute atomic E-state index is 0.0226. The minimum Gasteiger partial charge on any atom is -0.361 e. The Morgan fingerprint density at radius 1 is 1.43 bits per heavy atom. The fourth-order valence-corrected chi connectivity index (χ4v) is 2.71. The van der Waals surface area contributed by atoms with Gasteiger partial charge in [-0.3, -0.25) is 4.79 Å². The van der Waals surface area contributed by atoms with Crippen molar-refractivity contribution in [1.82, 2.24) is 10.1 Å². The molecule has 1 aliphatic rings. The van der Waals surface area contributed by atoms with Crippen LogP contribution in [0.25, 0.3) is 0 Å². The fraction of sp³-hybridized carbons (Fsp3) is 0.312. The number of carbonyl (C=O) groups is 1. The molecule has 3 rings (SSSR count). The van der Waals surface area contributed by atoms with E-state index in [1.54, 1.807) is 24.3 Å². The van der Waals surface area contributed by atoms with Gasteiger partial charge in [0.1, 0.15) is 11.5 Å². The molecule has 0 unspecified atom stereocenters. The first-order valence-electron chi connectivity index (χ1n) is 6.93. The number of aryl methyl sites for hydroxylation is 1. The molecule has 2 aromatic rings. The second-order valence-corrected chi connectivity index (χ2v) is 5.21. The van der Waals surface area contributed by atoms with Crippen LogP contribution in [-0.2, 0) is 0 Å². The zero-order valence-corrected chi connectivity index (χ0v) is 11.7. The van der Waals surface area contributed by atoms with Gasteiger partial charge in [0.25, 0.3) is 5.91 Å². The van der Waals surface area contributed by atoms with Gasteiger partial charge in [0.2, 0.25) is 0 Å². The summed E-state index contributed by atoms with van der Waals surface area (Å²) in [5.74, 6) is 0.727. The predicted molar refractivity (Wildman–Crippen MR) is 75.4 cm³/mol. The fourth-order valence-electron chi connectivity index (χ4n) is 2.71. The molecule has 0 bridgehead atoms. The van der Waals surface area contributed by atoms with Gasteiger partial charge >= 0.3 is 0 Å². The highest BCUT2D eigenvalue weighted by Gasteiger charge is 2.32. The quantitative estimate of drug-likeness (QED) is 0.848. The number of benzene rings is 1. The molecule has 106 valence electrons. The summed E-state index contributed by atoms with van der Waals surface area (Å²) in [5, 5.41) is 12.8. The van der Waals surface area contributed by atoms with Crippen molar-refractivity contribution in [3.8, 4) is 6.07 Å². The number of nitriles is 1. The maximum atomic E-state index is 12.6. The van der Waals surface area contributed by atoms with Crippen molar-refractivity contribution in [2.24, 2.45) is 0 Å². The number of aromatic nitrogens is 1. The van der Waals surface area contributed by atoms with E-state index in [1.807, 2.05) is 17.9 Å². The number of nitrogens with zero attached hydrogens (tertiary/aromatic N) is 3. The molecule has 0 spiro atoms. The number of hydrogen-bond donors (Lipinski definition) is 0. The van der Waals surface area contributed by atoms with Crippen LogP contribution in [0.2, 0.25) is 0 Å². The Kier molecular flexibility index (Phi) is 3.44. The van der Waals surface area contributed by atoms with Crippen LogP contribution in [0.5, 0.6) is 0 Å². The van der Waals surface area contributed by atoms with Crippen LogP contribution in [0.15, 0.2) is 34.9 Å². The largest absolute Gasteiger partial charge is 0.361 e. The summed E-state index contributed by atoms with van der Waals surface area (Å²) in [6, 6.07) is 10.6. The topological polar surface area (TPSA) is 70.1 Å². The summed E-state index contributed by atoms with van der Waals surface area (Å²) in [7, 11) is 0. The lowest BCUT2D eigenvalue weighted by Gasteiger charge is -2.23. The maximum Gasteiger partial charge on any atom is 0.254 e. The molecule has 1 aromatic carbocycles. The van der Waals surface area contributed by atoms with Gasteiger partial charge in [-0.15, -0.1) is 0 Å². The number of rotatable bonds is 2. The van der Waals surface area contributed by atoms with Gasteiger partial charge in [-0.25, -0.2) is 0 Å². The third kappa shape index (κ3) is 2.52. The second kappa shape index (κ2) is 5.41. The van der Waals surface area contributed by atoms with Gasteiger partial charge in [0.15, 0.2) is 0 Å². The van der Waals surface area contributed by atoms with E-state index < -0.39 is 0 Å². The van der Waals surface area contributed by atoms with Crippen molar-refractivity contribution in [2.75, 3.05) is 6.54 Å². The molecule has 5 nitrogen and oxygen atoms in total. The molecule has 0 N–H and O–H groups in total. The maximum absolute atomic E-state index is 12.6. The molecule has 2 heterocycles. The van der Waals surface area contributed by atoms with E-state index in [2.05, 4.69) is 11.2 Å². The van der Waals surface area contributed by atoms with Crippen LogP contribution < -0.4 is 0 Å². The molecule has 1 saturated heterocycles. The number of likely N-dealkylation sites (tertiary alicyclic amines) is 1. The van der Waals surface area contributed by atoms with E-state index in [-0.39, 0.29) is 11.9 Å². The first-order valence-corrected chi connectivity index (χ1v) is 6.93. The van der Waals surface area contributed by atoms with E-state index in [0.29, 0.717) is 11.1 Å². The first-order chi connectivity index (χ1) is 10.2. The number of amides is 1. The lowest BCUT2D eigenvalue weighted by atomic mass is 10.1. The predicted octanol–water partition coefficient (Wildman–Crippen LogP) is 2.83. The van der Waals surface area contributed by atoms with Crippen molar-refractivity contribution >= 4 is 5.91 Å². The van der Waals surface area contributed by atoms with Crippen LogP contribution in [0.3, 0.4) is 0 Å². The van der Waals surface area contributed by atoms with E-state index in [9.17, 15) is 4.79 Å². The lowest BCUT2D eigenvalue weighted by molar-refractivity contribution is 0.0731. The van der Waals surface area contributed by atoms with Gasteiger partial charge in [0, 0.05) is 18.2 Å². The molecular weight excluding hydrogens is 266 g/mol. The van der Waals surface area contributed by atoms with Gasteiger partial charge in [0.05, 0.1) is 17.7 Å². The standard InChI is InChI=1S/C16H15N3O2/c1-11-9-14(18-21-11)15-3-2-8-19(15)16(20)13-6-4-12(10-17)5-7-13/h4-7,9,15H,2-3,8H2,1H3/t15-/m1/s1. The Balaban J connectivity index is 1.84. The average Bonchev–Trinajstić information content (AvgIpc) is 3.15. The van der Waals surface area contributed by atoms with Crippen LogP contribution in [0, 0.1) is 18.3 Å². The smallest absolute Gasteiger partial charge is 0.254 e. The van der Waals surface area contributed by atoms with Gasteiger partial charge in [-0.05, 0) is 44.0 Å². The van der Waals surface area contributed by atoms with Crippen molar-refractivity contribution in [1.29, 1.82) is 5.26 Å². The number of hydrogen-bond acceptors (Lipinski definition) is 4. The third-order valence-corrected chi connectivity index (χ3v) is 3.76. The molecular formula is C16H15N3O2. The molecule has 5 heteroatoms. The van der Waals surface area contributed by atoms with Crippen molar-refractivity contribution < 1.29 is 9.32 Å². The van der Waals surface area contributed by atoms with Crippen LogP contribution >= 0.6 is 0 Å². The summed E-state index contributed by atoms with van der Waals surface area (Å²) in [6.45, 7) is 2.56. The molecule has 1 amide bonds. The Morgan fingerprint density at radius 2 is 2.19 bits per heavy atom. The molecule has 0 aliphatic carbocycles. The molecule has 21 heavy (non-hydrogen) atoms. The van der Waals surface area contributed by atoms with Crippen LogP contribution in [0.4, 0.5) is 0 Å². The molecule has 0 saturated carbocycles. The summed E-state index contributed by atoms with van der Waals surface area (Å²) >= 11 is 0. The zero-order chi connectivity index (χ0) is 14.8. The van der Waals surface area contributed by atoms with Gasteiger partial charge in [-0.1, -0.05) is 5.16 Å². The van der Waals surface area contributed by atoms with E-state index in [4.69, 9.17) is 9.78 Å². The normalized spacial score (nSPS) is 17.7. The highest BCUT2D eigenvalue weighted by molar-refractivity contribution is 5.94. The zero-order valence-electron chi connectivity index (χ0n) is 11.7. The SMILES string of the molecule is Cc1cc([C@H]2CCCN2C(=O)c2ccc(C#N)cc2)no1. The van der Waals surface area contributed by atoms with Crippen molar-refractivity contribution in [3.63, 3.8) is 0 Å². The molecule has 1 aromatic heterocycles. The summed E-state index contributed by atoms with van der Waals surface area (Å²) < 4.78 is 5.12. The molecule has 1 fully saturated rings. The summed E-state index contributed by atoms with van der Waals surface area (Å²) in [4.78, 5) is 14.5. The molecule has 1 atom stereocenters. The van der Waals surface area contributed by atoms with Crippen molar-refractivity contribution in [2.45, 2.75) is 25.8 Å². The summed E-state index contributed by atoms with van der Waals surface area (Å²) in [6.07, 6.45) is 1.85. The van der Waals surface area contributed by atoms with E-state index in [0.717, 1.165) is 30.8 Å². The Labute approximate surface area is 122 Å². The van der Waals surface area contributed by atoms with Crippen LogP contribution in [0.1, 0.15) is 46.3 Å². The molecule has 0 radical (unpaired) electrons. The Hall–Kier alpha value is -2.61. The highest BCUT2D eigenvalue weighted by atomic mass is 16.5. The van der Waals surface area contributed by atoms with E-state index >= 15 is 0 Å². The second-order valence-electron chi connectivity index (χ2n) is 5.21. The van der Waals surface area contributed by atoms with Crippen molar-refractivity contribution in [3.05, 3.63) is 52.9 Å². The lowest BCUT2D eigenvalue weighted by Crippen LogP contribution is -2.30.